The molecule has 0 saturated carbocycles. The third kappa shape index (κ3) is 4.22. The number of aromatic nitrogens is 5. The first kappa shape index (κ1) is 21.2. The van der Waals surface area contributed by atoms with Gasteiger partial charge in [-0.25, -0.2) is 14.8 Å². The van der Waals surface area contributed by atoms with E-state index in [0.29, 0.717) is 31.1 Å². The molecule has 5 heterocycles. The summed E-state index contributed by atoms with van der Waals surface area (Å²) in [7, 11) is 0. The molecule has 2 saturated heterocycles. The van der Waals surface area contributed by atoms with Crippen molar-refractivity contribution < 1.29 is 22.4 Å². The maximum Gasteiger partial charge on any atom is 0.401 e. The fourth-order valence-electron chi connectivity index (χ4n) is 3.95. The molecular formula is C18H21F3N10O2. The molecule has 2 aliphatic rings. The summed E-state index contributed by atoms with van der Waals surface area (Å²) in [6.07, 6.45) is -2.08. The molecule has 0 aromatic carbocycles. The molecule has 176 valence electrons. The number of amides is 2. The number of fused-ring (bicyclic) bond motifs is 1. The first-order valence-corrected chi connectivity index (χ1v) is 10.4. The maximum absolute atomic E-state index is 13.1. The molecule has 0 bridgehead atoms. The molecule has 0 unspecified atom stereocenters. The Morgan fingerprint density at radius 1 is 1.09 bits per heavy atom. The van der Waals surface area contributed by atoms with Gasteiger partial charge >= 0.3 is 12.2 Å². The van der Waals surface area contributed by atoms with Crippen LogP contribution in [0.5, 0.6) is 0 Å². The number of furan rings is 1. The number of halogens is 3. The van der Waals surface area contributed by atoms with Crippen LogP contribution in [0.2, 0.25) is 0 Å². The Bertz CT molecular complexity index is 1140. The van der Waals surface area contributed by atoms with Crippen LogP contribution in [-0.4, -0.2) is 97.4 Å². The predicted molar refractivity (Wildman–Crippen MR) is 109 cm³/mol. The molecule has 12 nitrogen and oxygen atoms in total. The molecule has 3 aromatic heterocycles. The molecular weight excluding hydrogens is 445 g/mol. The lowest BCUT2D eigenvalue weighted by atomic mass is 10.3. The van der Waals surface area contributed by atoms with Gasteiger partial charge in [-0.15, -0.1) is 5.10 Å². The highest BCUT2D eigenvalue weighted by Crippen LogP contribution is 2.24. The third-order valence-electron chi connectivity index (χ3n) is 5.49. The zero-order chi connectivity index (χ0) is 23.2. The number of carbonyl (C=O) groups excluding carboxylic acids is 1. The third-order valence-corrected chi connectivity index (χ3v) is 5.49. The number of piperazine rings is 1. The van der Waals surface area contributed by atoms with Gasteiger partial charge in [0.25, 0.3) is 11.7 Å². The van der Waals surface area contributed by atoms with Gasteiger partial charge in [0.05, 0.1) is 12.8 Å². The molecule has 15 heteroatoms. The maximum atomic E-state index is 13.1. The van der Waals surface area contributed by atoms with Crippen LogP contribution < -0.4 is 10.7 Å². The summed E-state index contributed by atoms with van der Waals surface area (Å²) in [4.78, 5) is 29.0. The van der Waals surface area contributed by atoms with Gasteiger partial charge in [-0.05, 0) is 18.6 Å². The summed E-state index contributed by atoms with van der Waals surface area (Å²) in [6.45, 7) is 0.662. The Balaban J connectivity index is 1.33. The molecule has 33 heavy (non-hydrogen) atoms. The molecule has 2 N–H and O–H groups in total. The Morgan fingerprint density at radius 3 is 2.58 bits per heavy atom. The first-order valence-electron chi connectivity index (χ1n) is 10.4. The number of nitrogens with zero attached hydrogens (tertiary/aromatic N) is 9. The average molecular weight is 466 g/mol. The standard InChI is InChI=1S/C18H21F3N10O2/c19-18(20,21)11-27-6-8-28(9-7-27)17(32)30-5-2-4-29(30)15-24-14(22)31-16(25-15)23-13(26-31)12-3-1-10-33-12/h1,3,10H,2,4-9,11H2,(H2,22,23,24,25,26). The van der Waals surface area contributed by atoms with Gasteiger partial charge in [-0.3, -0.25) is 4.90 Å². The van der Waals surface area contributed by atoms with Crippen molar-refractivity contribution in [3.8, 4) is 11.6 Å². The van der Waals surface area contributed by atoms with Crippen LogP contribution >= 0.6 is 0 Å². The van der Waals surface area contributed by atoms with Gasteiger partial charge in [-0.2, -0.15) is 32.6 Å². The van der Waals surface area contributed by atoms with Crippen molar-refractivity contribution >= 4 is 23.7 Å². The molecule has 2 fully saturated rings. The van der Waals surface area contributed by atoms with Crippen molar-refractivity contribution in [3.63, 3.8) is 0 Å². The molecule has 2 amide bonds. The van der Waals surface area contributed by atoms with E-state index in [4.69, 9.17) is 10.2 Å². The van der Waals surface area contributed by atoms with Crippen molar-refractivity contribution in [2.45, 2.75) is 12.6 Å². The Hall–Kier alpha value is -3.62. The quantitative estimate of drug-likeness (QED) is 0.604. The minimum atomic E-state index is -4.26. The number of carbonyl (C=O) groups is 1. The average Bonchev–Trinajstić information content (AvgIpc) is 3.52. The number of nitrogens with two attached hydrogens (primary N) is 1. The lowest BCUT2D eigenvalue weighted by molar-refractivity contribution is -0.148. The van der Waals surface area contributed by atoms with E-state index in [0.717, 1.165) is 0 Å². The second kappa shape index (κ2) is 8.06. The Kier molecular flexibility index (Phi) is 5.19. The van der Waals surface area contributed by atoms with E-state index in [9.17, 15) is 18.0 Å². The van der Waals surface area contributed by atoms with Crippen LogP contribution in [0.25, 0.3) is 17.4 Å². The number of anilines is 2. The number of hydrogen-bond donors (Lipinski definition) is 1. The number of urea groups is 1. The highest BCUT2D eigenvalue weighted by molar-refractivity contribution is 5.76. The topological polar surface area (TPSA) is 125 Å². The molecule has 0 atom stereocenters. The van der Waals surface area contributed by atoms with E-state index in [2.05, 4.69) is 20.1 Å². The number of hydrazine groups is 1. The second-order valence-corrected chi connectivity index (χ2v) is 7.77. The van der Waals surface area contributed by atoms with Crippen LogP contribution in [0, 0.1) is 0 Å². The van der Waals surface area contributed by atoms with Crippen LogP contribution in [0.4, 0.5) is 29.9 Å². The second-order valence-electron chi connectivity index (χ2n) is 7.77. The van der Waals surface area contributed by atoms with Gasteiger partial charge in [0.2, 0.25) is 11.8 Å². The van der Waals surface area contributed by atoms with Gasteiger partial charge in [-0.1, -0.05) is 0 Å². The highest BCUT2D eigenvalue weighted by Gasteiger charge is 2.36. The van der Waals surface area contributed by atoms with Crippen molar-refractivity contribution in [1.29, 1.82) is 0 Å². The van der Waals surface area contributed by atoms with Crippen molar-refractivity contribution in [2.24, 2.45) is 0 Å². The smallest absolute Gasteiger partial charge is 0.401 e. The van der Waals surface area contributed by atoms with E-state index in [1.165, 1.54) is 20.7 Å². The first-order chi connectivity index (χ1) is 15.8. The molecule has 3 aromatic rings. The van der Waals surface area contributed by atoms with Crippen LogP contribution in [-0.2, 0) is 0 Å². The van der Waals surface area contributed by atoms with Gasteiger partial charge in [0.1, 0.15) is 0 Å². The van der Waals surface area contributed by atoms with Crippen LogP contribution in [0.3, 0.4) is 0 Å². The van der Waals surface area contributed by atoms with Gasteiger partial charge in [0, 0.05) is 39.3 Å². The minimum Gasteiger partial charge on any atom is -0.461 e. The number of nitrogen functional groups attached to an aromatic ring is 1. The van der Waals surface area contributed by atoms with Crippen molar-refractivity contribution in [1.82, 2.24) is 39.4 Å². The number of alkyl halides is 3. The van der Waals surface area contributed by atoms with E-state index >= 15 is 0 Å². The van der Waals surface area contributed by atoms with E-state index in [-0.39, 0.29) is 49.9 Å². The zero-order valence-corrected chi connectivity index (χ0v) is 17.4. The number of rotatable bonds is 3. The van der Waals surface area contributed by atoms with Crippen LogP contribution in [0.15, 0.2) is 22.8 Å². The summed E-state index contributed by atoms with van der Waals surface area (Å²) in [5.74, 6) is 1.18. The Labute approximate surface area is 185 Å². The van der Waals surface area contributed by atoms with Gasteiger partial charge < -0.3 is 15.1 Å². The minimum absolute atomic E-state index is 0.0420. The molecule has 0 aliphatic carbocycles. The zero-order valence-electron chi connectivity index (χ0n) is 17.4. The van der Waals surface area contributed by atoms with E-state index in [1.807, 2.05) is 0 Å². The monoisotopic (exact) mass is 466 g/mol. The van der Waals surface area contributed by atoms with Crippen LogP contribution in [0.1, 0.15) is 6.42 Å². The summed E-state index contributed by atoms with van der Waals surface area (Å²) in [5, 5.41) is 7.36. The number of hydrogen-bond acceptors (Lipinski definition) is 9. The summed E-state index contributed by atoms with van der Waals surface area (Å²) >= 11 is 0. The van der Waals surface area contributed by atoms with E-state index < -0.39 is 12.7 Å². The SMILES string of the molecule is Nc1nc(N2CCCN2C(=O)N2CCN(CC(F)(F)F)CC2)nc2nc(-c3ccco3)nn12. The normalized spacial score (nSPS) is 18.0. The fraction of sp³-hybridized carbons (Fsp3) is 0.500. The molecule has 0 radical (unpaired) electrons. The summed E-state index contributed by atoms with van der Waals surface area (Å²) in [5.41, 5.74) is 6.06. The molecule has 2 aliphatic heterocycles. The fourth-order valence-corrected chi connectivity index (χ4v) is 3.95. The summed E-state index contributed by atoms with van der Waals surface area (Å²) < 4.78 is 44.5. The van der Waals surface area contributed by atoms with Crippen molar-refractivity contribution in [3.05, 3.63) is 18.4 Å². The predicted octanol–water partition coefficient (Wildman–Crippen LogP) is 1.09. The van der Waals surface area contributed by atoms with E-state index in [1.54, 1.807) is 22.0 Å². The molecule has 5 rings (SSSR count). The highest BCUT2D eigenvalue weighted by atomic mass is 19.4. The van der Waals surface area contributed by atoms with Gasteiger partial charge in [0.15, 0.2) is 5.76 Å². The Morgan fingerprint density at radius 2 is 1.88 bits per heavy atom. The van der Waals surface area contributed by atoms with Crippen molar-refractivity contribution in [2.75, 3.05) is 56.6 Å². The largest absolute Gasteiger partial charge is 0.461 e. The lowest BCUT2D eigenvalue weighted by Crippen LogP contribution is -2.56. The lowest BCUT2D eigenvalue weighted by Gasteiger charge is -2.38. The molecule has 0 spiro atoms. The summed E-state index contributed by atoms with van der Waals surface area (Å²) in [6, 6.07) is 3.10.